The molecule has 3 atom stereocenters. The summed E-state index contributed by atoms with van der Waals surface area (Å²) in [4.78, 5) is 49.9. The highest BCUT2D eigenvalue weighted by Crippen LogP contribution is 2.37. The number of ether oxygens (including phenoxy) is 4. The van der Waals surface area contributed by atoms with Gasteiger partial charge in [-0.05, 0) is 77.0 Å². The van der Waals surface area contributed by atoms with Gasteiger partial charge in [0, 0.05) is 5.92 Å². The Kier molecular flexibility index (Phi) is 12.2. The van der Waals surface area contributed by atoms with Gasteiger partial charge in [-0.15, -0.1) is 0 Å². The van der Waals surface area contributed by atoms with Crippen molar-refractivity contribution >= 4 is 24.1 Å². The molecule has 40 heavy (non-hydrogen) atoms. The molecule has 0 aliphatic heterocycles. The molecule has 0 spiro atoms. The smallest absolute Gasteiger partial charge is 0.480 e. The molecule has 1 rings (SSSR count). The third-order valence-corrected chi connectivity index (χ3v) is 6.90. The number of aliphatic carboxylic acids is 1. The molecule has 3 N–H and O–H groups in total. The fourth-order valence-electron chi connectivity index (χ4n) is 3.23. The van der Waals surface area contributed by atoms with Crippen LogP contribution < -0.4 is 15.2 Å². The van der Waals surface area contributed by atoms with Crippen molar-refractivity contribution in [3.05, 3.63) is 23.8 Å². The Bertz CT molecular complexity index is 1060. The van der Waals surface area contributed by atoms with Crippen molar-refractivity contribution < 1.29 is 43.2 Å². The molecule has 0 amide bonds. The number of benzene rings is 1. The van der Waals surface area contributed by atoms with Crippen molar-refractivity contribution in [2.24, 2.45) is 22.0 Å². The lowest BCUT2D eigenvalue weighted by molar-refractivity contribution is -0.147. The number of nitrogens with two attached hydrogens (primary N) is 1. The zero-order valence-electron chi connectivity index (χ0n) is 25.6. The van der Waals surface area contributed by atoms with Crippen LogP contribution in [0, 0.1) is 16.2 Å². The van der Waals surface area contributed by atoms with Gasteiger partial charge >= 0.3 is 24.1 Å². The molecule has 10 nitrogen and oxygen atoms in total. The van der Waals surface area contributed by atoms with E-state index in [1.165, 1.54) is 12.1 Å². The Hall–Kier alpha value is -3.14. The lowest BCUT2D eigenvalue weighted by atomic mass is 9.86. The molecule has 0 aliphatic rings. The van der Waals surface area contributed by atoms with Crippen molar-refractivity contribution in [3.8, 4) is 11.5 Å². The van der Waals surface area contributed by atoms with Crippen LogP contribution in [0.25, 0.3) is 0 Å². The first-order chi connectivity index (χ1) is 18.2. The molecule has 0 aromatic heterocycles. The van der Waals surface area contributed by atoms with Crippen LogP contribution in [-0.4, -0.2) is 47.9 Å². The van der Waals surface area contributed by atoms with Gasteiger partial charge in [-0.2, -0.15) is 0 Å². The first-order valence-corrected chi connectivity index (χ1v) is 13.6. The Labute approximate surface area is 237 Å². The van der Waals surface area contributed by atoms with Crippen molar-refractivity contribution in [1.82, 2.24) is 0 Å². The van der Waals surface area contributed by atoms with Crippen LogP contribution in [0.3, 0.4) is 0 Å². The summed E-state index contributed by atoms with van der Waals surface area (Å²) >= 11 is 0. The van der Waals surface area contributed by atoms with Crippen LogP contribution in [0.2, 0.25) is 0 Å². The summed E-state index contributed by atoms with van der Waals surface area (Å²) in [6, 6.07) is 3.08. The minimum absolute atomic E-state index is 0.0215. The first kappa shape index (κ1) is 34.9. The van der Waals surface area contributed by atoms with Crippen LogP contribution >= 0.6 is 0 Å². The molecule has 0 radical (unpaired) electrons. The van der Waals surface area contributed by atoms with E-state index in [9.17, 15) is 24.3 Å². The molecule has 0 saturated heterocycles. The summed E-state index contributed by atoms with van der Waals surface area (Å²) < 4.78 is 21.8. The second-order valence-electron chi connectivity index (χ2n) is 12.7. The summed E-state index contributed by atoms with van der Waals surface area (Å²) in [5.74, 6) is -3.19. The van der Waals surface area contributed by atoms with Crippen molar-refractivity contribution in [2.45, 2.75) is 107 Å². The predicted octanol–water partition coefficient (Wildman–Crippen LogP) is 5.84. The summed E-state index contributed by atoms with van der Waals surface area (Å²) in [6.07, 6.45) is -0.574. The van der Waals surface area contributed by atoms with Crippen LogP contribution in [-0.2, 0) is 23.9 Å². The van der Waals surface area contributed by atoms with Crippen LogP contribution in [0.1, 0.15) is 100.0 Å². The number of carbonyl (C=O) groups is 4. The topological polar surface area (TPSA) is 151 Å². The molecule has 226 valence electrons. The number of carboxylic acids is 1. The Morgan fingerprint density at radius 3 is 1.82 bits per heavy atom. The molecule has 1 aromatic carbocycles. The van der Waals surface area contributed by atoms with Gasteiger partial charge in [-0.25, -0.2) is 4.79 Å². The number of rotatable bonds is 13. The monoisotopic (exact) mass is 565 g/mol. The SMILES string of the molecule is CCC(C)(C)C(=O)Oc1ccc(C(CC(C)OC(=O)OCC(C)(C)C)[C@H](N)C(=O)O)cc1OC(=O)C(C)(C)CC. The number of carboxylic acid groups (broad SMARTS) is 1. The van der Waals surface area contributed by atoms with E-state index in [0.29, 0.717) is 18.4 Å². The molecular formula is C30H47NO9. The minimum atomic E-state index is -1.38. The van der Waals surface area contributed by atoms with E-state index in [1.54, 1.807) is 40.7 Å². The summed E-state index contributed by atoms with van der Waals surface area (Å²) in [5, 5.41) is 9.71. The lowest BCUT2D eigenvalue weighted by Crippen LogP contribution is -2.38. The van der Waals surface area contributed by atoms with E-state index >= 15 is 0 Å². The highest BCUT2D eigenvalue weighted by Gasteiger charge is 2.34. The zero-order valence-corrected chi connectivity index (χ0v) is 25.6. The average molecular weight is 566 g/mol. The lowest BCUT2D eigenvalue weighted by Gasteiger charge is -2.27. The average Bonchev–Trinajstić information content (AvgIpc) is 2.85. The molecule has 0 aliphatic carbocycles. The largest absolute Gasteiger partial charge is 0.508 e. The van der Waals surface area contributed by atoms with Crippen LogP contribution in [0.15, 0.2) is 18.2 Å². The Balaban J connectivity index is 3.42. The Morgan fingerprint density at radius 1 is 0.875 bits per heavy atom. The maximum absolute atomic E-state index is 13.0. The van der Waals surface area contributed by atoms with Gasteiger partial charge in [0.25, 0.3) is 0 Å². The first-order valence-electron chi connectivity index (χ1n) is 13.6. The summed E-state index contributed by atoms with van der Waals surface area (Å²) in [6.45, 7) is 18.1. The molecule has 1 aromatic rings. The summed E-state index contributed by atoms with van der Waals surface area (Å²) in [7, 11) is 0. The van der Waals surface area contributed by atoms with E-state index in [4.69, 9.17) is 24.7 Å². The fourth-order valence-corrected chi connectivity index (χ4v) is 3.23. The summed E-state index contributed by atoms with van der Waals surface area (Å²) in [5.41, 5.74) is 4.59. The van der Waals surface area contributed by atoms with Gasteiger partial charge in [0.05, 0.1) is 17.4 Å². The number of hydrogen-bond donors (Lipinski definition) is 2. The van der Waals surface area contributed by atoms with Gasteiger partial charge < -0.3 is 29.8 Å². The van der Waals surface area contributed by atoms with Gasteiger partial charge in [-0.1, -0.05) is 40.7 Å². The molecule has 10 heteroatoms. The quantitative estimate of drug-likeness (QED) is 0.220. The van der Waals surface area contributed by atoms with E-state index in [0.717, 1.165) is 0 Å². The number of esters is 2. The third-order valence-electron chi connectivity index (χ3n) is 6.90. The maximum atomic E-state index is 13.0. The highest BCUT2D eigenvalue weighted by atomic mass is 16.7. The van der Waals surface area contributed by atoms with Crippen molar-refractivity contribution in [2.75, 3.05) is 6.61 Å². The number of carbonyl (C=O) groups excluding carboxylic acids is 3. The molecule has 0 bridgehead atoms. The maximum Gasteiger partial charge on any atom is 0.508 e. The van der Waals surface area contributed by atoms with Crippen molar-refractivity contribution in [1.29, 1.82) is 0 Å². The standard InChI is InChI=1S/C30H47NO9/c1-11-29(7,8)25(34)39-21-14-13-19(16-22(21)40-26(35)30(9,10)12-2)20(23(31)24(32)33)15-18(3)38-27(36)37-17-28(4,5)6/h13-14,16,18,20,23H,11-12,15,17,31H2,1-10H3,(H,32,33)/t18?,20?,23-/m0/s1. The highest BCUT2D eigenvalue weighted by molar-refractivity contribution is 5.81. The van der Waals surface area contributed by atoms with E-state index in [1.807, 2.05) is 34.6 Å². The second-order valence-corrected chi connectivity index (χ2v) is 12.7. The van der Waals surface area contributed by atoms with Gasteiger partial charge in [0.2, 0.25) is 0 Å². The number of hydrogen-bond acceptors (Lipinski definition) is 9. The van der Waals surface area contributed by atoms with Crippen LogP contribution in [0.4, 0.5) is 4.79 Å². The van der Waals surface area contributed by atoms with Gasteiger partial charge in [0.1, 0.15) is 12.1 Å². The third kappa shape index (κ3) is 10.4. The van der Waals surface area contributed by atoms with E-state index < -0.39 is 53.0 Å². The van der Waals surface area contributed by atoms with Crippen molar-refractivity contribution in [3.63, 3.8) is 0 Å². The molecular weight excluding hydrogens is 518 g/mol. The van der Waals surface area contributed by atoms with E-state index in [2.05, 4.69) is 0 Å². The molecule has 0 fully saturated rings. The van der Waals surface area contributed by atoms with Crippen LogP contribution in [0.5, 0.6) is 11.5 Å². The Morgan fingerprint density at radius 2 is 1.38 bits per heavy atom. The minimum Gasteiger partial charge on any atom is -0.480 e. The molecule has 0 heterocycles. The van der Waals surface area contributed by atoms with Gasteiger partial charge in [0.15, 0.2) is 11.5 Å². The fraction of sp³-hybridized carbons (Fsp3) is 0.667. The molecule has 0 saturated carbocycles. The molecule has 2 unspecified atom stereocenters. The van der Waals surface area contributed by atoms with Gasteiger partial charge in [-0.3, -0.25) is 14.4 Å². The van der Waals surface area contributed by atoms with E-state index in [-0.39, 0.29) is 29.9 Å². The normalized spacial score (nSPS) is 14.5. The zero-order chi connectivity index (χ0) is 31.1. The predicted molar refractivity (Wildman–Crippen MR) is 150 cm³/mol. The second kappa shape index (κ2) is 14.0.